The summed E-state index contributed by atoms with van der Waals surface area (Å²) in [4.78, 5) is 25.9. The van der Waals surface area contributed by atoms with Gasteiger partial charge in [-0.25, -0.2) is 0 Å². The van der Waals surface area contributed by atoms with Gasteiger partial charge >= 0.3 is 0 Å². The van der Waals surface area contributed by atoms with Crippen molar-refractivity contribution in [1.29, 1.82) is 0 Å². The van der Waals surface area contributed by atoms with Gasteiger partial charge in [0.05, 0.1) is 19.4 Å². The zero-order valence-corrected chi connectivity index (χ0v) is 13.9. The van der Waals surface area contributed by atoms with Crippen LogP contribution < -0.4 is 20.2 Å². The second-order valence-corrected chi connectivity index (χ2v) is 6.29. The number of anilines is 1. The molecule has 1 atom stereocenters. The Morgan fingerprint density at radius 1 is 1.17 bits per heavy atom. The lowest BCUT2D eigenvalue weighted by molar-refractivity contribution is -1.01. The highest BCUT2D eigenvalue weighted by Gasteiger charge is 2.30. The first-order valence-corrected chi connectivity index (χ1v) is 8.25. The second-order valence-electron chi connectivity index (χ2n) is 6.29. The molecule has 0 bridgehead atoms. The Morgan fingerprint density at radius 3 is 2.30 bits per heavy atom. The zero-order valence-electron chi connectivity index (χ0n) is 13.9. The van der Waals surface area contributed by atoms with E-state index in [1.54, 1.807) is 0 Å². The molecule has 0 aromatic heterocycles. The number of carboxylic acid groups (broad SMARTS) is 1. The predicted octanol–water partition coefficient (Wildman–Crippen LogP) is -2.89. The standard InChI is InChI=1S/C17H25N3O3/c1-3-13-4-6-14(7-5-13)18-16(21)12-15(17(22)23)20-10-8-19(2)9-11-20/h4-7,15H,3,8-12H2,1-2H3,(H,18,21)(H,22,23)/p+1/t15-/m0/s1. The number of carbonyl (C=O) groups is 2. The van der Waals surface area contributed by atoms with Gasteiger partial charge in [-0.1, -0.05) is 19.1 Å². The lowest BCUT2D eigenvalue weighted by Crippen LogP contribution is -3.29. The summed E-state index contributed by atoms with van der Waals surface area (Å²) in [6.07, 6.45) is 0.891. The molecular weight excluding hydrogens is 294 g/mol. The summed E-state index contributed by atoms with van der Waals surface area (Å²) in [7, 11) is 2.09. The topological polar surface area (TPSA) is 78.1 Å². The number of hydrogen-bond donors (Lipinski definition) is 3. The smallest absolute Gasteiger partial charge is 0.230 e. The molecular formula is C17H26N3O3+. The fourth-order valence-corrected chi connectivity index (χ4v) is 2.96. The molecule has 1 heterocycles. The molecule has 1 amide bonds. The van der Waals surface area contributed by atoms with E-state index >= 15 is 0 Å². The third kappa shape index (κ3) is 5.04. The van der Waals surface area contributed by atoms with E-state index in [0.717, 1.165) is 37.5 Å². The fourth-order valence-electron chi connectivity index (χ4n) is 2.96. The van der Waals surface area contributed by atoms with Crippen molar-refractivity contribution < 1.29 is 24.5 Å². The van der Waals surface area contributed by atoms with E-state index in [2.05, 4.69) is 19.3 Å². The van der Waals surface area contributed by atoms with Gasteiger partial charge in [0.2, 0.25) is 5.91 Å². The number of hydrogen-bond acceptors (Lipinski definition) is 3. The maximum absolute atomic E-state index is 12.2. The minimum absolute atomic E-state index is 0.0494. The van der Waals surface area contributed by atoms with Crippen molar-refractivity contribution in [3.05, 3.63) is 29.8 Å². The normalized spacial score (nSPS) is 22.3. The average molecular weight is 320 g/mol. The Kier molecular flexibility index (Phi) is 6.12. The first kappa shape index (κ1) is 17.4. The summed E-state index contributed by atoms with van der Waals surface area (Å²) in [5, 5.41) is 14.2. The minimum Gasteiger partial charge on any atom is -0.544 e. The van der Waals surface area contributed by atoms with Crippen LogP contribution in [-0.2, 0) is 16.0 Å². The number of carbonyl (C=O) groups excluding carboxylic acids is 2. The van der Waals surface area contributed by atoms with Crippen molar-refractivity contribution in [2.75, 3.05) is 38.5 Å². The Balaban J connectivity index is 1.93. The number of aryl methyl sites for hydroxylation is 1. The number of likely N-dealkylation sites (N-methyl/N-ethyl adjacent to an activating group) is 1. The number of carboxylic acids is 1. The largest absolute Gasteiger partial charge is 0.544 e. The maximum Gasteiger partial charge on any atom is 0.230 e. The summed E-state index contributed by atoms with van der Waals surface area (Å²) in [6.45, 7) is 5.41. The van der Waals surface area contributed by atoms with Crippen LogP contribution in [0.1, 0.15) is 18.9 Å². The number of quaternary nitrogens is 2. The van der Waals surface area contributed by atoms with Gasteiger partial charge in [0.25, 0.3) is 0 Å². The number of nitrogens with one attached hydrogen (secondary N) is 3. The van der Waals surface area contributed by atoms with Crippen LogP contribution in [0.3, 0.4) is 0 Å². The third-order valence-electron chi connectivity index (χ3n) is 4.56. The van der Waals surface area contributed by atoms with Crippen LogP contribution in [0.25, 0.3) is 0 Å². The molecule has 1 aromatic rings. The van der Waals surface area contributed by atoms with Crippen LogP contribution >= 0.6 is 0 Å². The molecule has 1 saturated heterocycles. The predicted molar refractivity (Wildman–Crippen MR) is 85.2 cm³/mol. The molecule has 3 N–H and O–H groups in total. The number of piperazine rings is 1. The summed E-state index contributed by atoms with van der Waals surface area (Å²) in [6, 6.07) is 6.83. The van der Waals surface area contributed by atoms with E-state index in [1.807, 2.05) is 24.3 Å². The summed E-state index contributed by atoms with van der Waals surface area (Å²) >= 11 is 0. The Hall–Kier alpha value is -1.92. The van der Waals surface area contributed by atoms with Crippen LogP contribution in [0.2, 0.25) is 0 Å². The van der Waals surface area contributed by atoms with Gasteiger partial charge in [-0.2, -0.15) is 0 Å². The lowest BCUT2D eigenvalue weighted by Gasteiger charge is -2.33. The first-order valence-electron chi connectivity index (χ1n) is 8.25. The summed E-state index contributed by atoms with van der Waals surface area (Å²) in [5.74, 6) is -1.42. The van der Waals surface area contributed by atoms with E-state index in [0.29, 0.717) is 5.69 Å². The molecule has 0 saturated carbocycles. The van der Waals surface area contributed by atoms with Crippen molar-refractivity contribution >= 4 is 17.6 Å². The molecule has 1 fully saturated rings. The highest BCUT2D eigenvalue weighted by molar-refractivity contribution is 5.93. The molecule has 0 aliphatic carbocycles. The lowest BCUT2D eigenvalue weighted by atomic mass is 10.1. The van der Waals surface area contributed by atoms with Crippen molar-refractivity contribution in [2.45, 2.75) is 25.8 Å². The van der Waals surface area contributed by atoms with Gasteiger partial charge in [-0.05, 0) is 24.1 Å². The molecule has 0 unspecified atom stereocenters. The van der Waals surface area contributed by atoms with Gasteiger partial charge in [0.15, 0.2) is 0 Å². The SMILES string of the molecule is CCc1ccc(NC(=O)C[C@@H](C(=O)[O-])[NH+]2CC[NH+](C)CC2)cc1. The molecule has 0 spiro atoms. The Morgan fingerprint density at radius 2 is 1.78 bits per heavy atom. The van der Waals surface area contributed by atoms with Gasteiger partial charge in [0, 0.05) is 5.69 Å². The summed E-state index contributed by atoms with van der Waals surface area (Å²) in [5.41, 5.74) is 1.89. The minimum atomic E-state index is -1.14. The molecule has 6 nitrogen and oxygen atoms in total. The monoisotopic (exact) mass is 320 g/mol. The van der Waals surface area contributed by atoms with E-state index in [4.69, 9.17) is 0 Å². The second kappa shape index (κ2) is 8.08. The molecule has 1 aliphatic heterocycles. The molecule has 126 valence electrons. The molecule has 6 heteroatoms. The molecule has 23 heavy (non-hydrogen) atoms. The van der Waals surface area contributed by atoms with Gasteiger partial charge < -0.3 is 25.0 Å². The van der Waals surface area contributed by atoms with Crippen LogP contribution in [-0.4, -0.2) is 51.1 Å². The van der Waals surface area contributed by atoms with Crippen molar-refractivity contribution in [2.24, 2.45) is 0 Å². The highest BCUT2D eigenvalue weighted by atomic mass is 16.4. The molecule has 2 rings (SSSR count). The van der Waals surface area contributed by atoms with E-state index in [-0.39, 0.29) is 12.3 Å². The van der Waals surface area contributed by atoms with Crippen LogP contribution in [0, 0.1) is 0 Å². The average Bonchev–Trinajstić information content (AvgIpc) is 2.54. The van der Waals surface area contributed by atoms with Crippen molar-refractivity contribution in [1.82, 2.24) is 0 Å². The van der Waals surface area contributed by atoms with Gasteiger partial charge in [0.1, 0.15) is 32.2 Å². The quantitative estimate of drug-likeness (QED) is 0.527. The van der Waals surface area contributed by atoms with Crippen LogP contribution in [0.5, 0.6) is 0 Å². The number of amides is 1. The van der Waals surface area contributed by atoms with E-state index < -0.39 is 12.0 Å². The zero-order chi connectivity index (χ0) is 16.8. The first-order chi connectivity index (χ1) is 11.0. The summed E-state index contributed by atoms with van der Waals surface area (Å²) < 4.78 is 0. The van der Waals surface area contributed by atoms with Crippen molar-refractivity contribution in [3.63, 3.8) is 0 Å². The Labute approximate surface area is 137 Å². The van der Waals surface area contributed by atoms with Gasteiger partial charge in [-0.15, -0.1) is 0 Å². The van der Waals surface area contributed by atoms with Crippen LogP contribution in [0.15, 0.2) is 24.3 Å². The molecule has 0 radical (unpaired) electrons. The third-order valence-corrected chi connectivity index (χ3v) is 4.56. The number of rotatable bonds is 6. The number of aliphatic carboxylic acids is 1. The van der Waals surface area contributed by atoms with E-state index in [9.17, 15) is 14.7 Å². The maximum atomic E-state index is 12.2. The molecule has 1 aliphatic rings. The molecule has 1 aromatic carbocycles. The van der Waals surface area contributed by atoms with E-state index in [1.165, 1.54) is 10.5 Å². The number of benzene rings is 1. The van der Waals surface area contributed by atoms with Crippen LogP contribution in [0.4, 0.5) is 5.69 Å². The Bertz CT molecular complexity index is 537. The van der Waals surface area contributed by atoms with Crippen molar-refractivity contribution in [3.8, 4) is 0 Å². The fraction of sp³-hybridized carbons (Fsp3) is 0.529. The van der Waals surface area contributed by atoms with Gasteiger partial charge in [-0.3, -0.25) is 4.79 Å². The highest BCUT2D eigenvalue weighted by Crippen LogP contribution is 2.10.